The van der Waals surface area contributed by atoms with Gasteiger partial charge in [-0.15, -0.1) is 0 Å². The first-order chi connectivity index (χ1) is 12.9. The van der Waals surface area contributed by atoms with Crippen LogP contribution in [0.4, 0.5) is 0 Å². The quantitative estimate of drug-likeness (QED) is 0.338. The number of halogens is 1. The van der Waals surface area contributed by atoms with Crippen LogP contribution in [0.1, 0.15) is 37.3 Å². The summed E-state index contributed by atoms with van der Waals surface area (Å²) in [4.78, 5) is 11.9. The fraction of sp³-hybridized carbons (Fsp3) is 0.300. The normalized spacial score (nSPS) is 12.0. The number of benzene rings is 2. The van der Waals surface area contributed by atoms with Gasteiger partial charge < -0.3 is 14.6 Å². The van der Waals surface area contributed by atoms with Crippen molar-refractivity contribution in [2.75, 3.05) is 13.7 Å². The Morgan fingerprint density at radius 3 is 2.67 bits per heavy atom. The Hall–Kier alpha value is -2.29. The summed E-state index contributed by atoms with van der Waals surface area (Å²) < 4.78 is 11.2. The van der Waals surface area contributed by atoms with Crippen LogP contribution in [0.5, 0.6) is 17.2 Å². The molecule has 0 saturated carbocycles. The highest BCUT2D eigenvalue weighted by Crippen LogP contribution is 2.31. The first-order valence-electron chi connectivity index (χ1n) is 8.55. The summed E-state index contributed by atoms with van der Waals surface area (Å²) >= 11 is 1.99. The molecular weight excluding hydrogens is 459 g/mol. The third kappa shape index (κ3) is 6.13. The number of carbonyl (C=O) groups excluding carboxylic acids is 1. The predicted octanol–water partition coefficient (Wildman–Crippen LogP) is 4.05. The lowest BCUT2D eigenvalue weighted by Gasteiger charge is -2.10. The molecule has 2 rings (SSSR count). The maximum atomic E-state index is 11.9. The minimum atomic E-state index is -0.363. The van der Waals surface area contributed by atoms with E-state index in [0.29, 0.717) is 26.6 Å². The highest BCUT2D eigenvalue weighted by molar-refractivity contribution is 14.1. The Labute approximate surface area is 172 Å². The van der Waals surface area contributed by atoms with Crippen molar-refractivity contribution in [1.29, 1.82) is 0 Å². The van der Waals surface area contributed by atoms with E-state index in [-0.39, 0.29) is 18.3 Å². The standard InChI is InChI=1S/C20H23IN2O4/c1-4-13(2)15-5-7-16(8-6-15)27-12-19(24)23-22-11-14-9-17(21)20(25)18(10-14)26-3/h5-11,13,25H,4,12H2,1-3H3,(H,23,24)/b22-11+. The molecule has 0 aliphatic heterocycles. The number of amides is 1. The van der Waals surface area contributed by atoms with Gasteiger partial charge in [0.2, 0.25) is 0 Å². The summed E-state index contributed by atoms with van der Waals surface area (Å²) in [5.74, 6) is 1.20. The highest BCUT2D eigenvalue weighted by atomic mass is 127. The van der Waals surface area contributed by atoms with E-state index >= 15 is 0 Å². The highest BCUT2D eigenvalue weighted by Gasteiger charge is 2.08. The SMILES string of the molecule is CCC(C)c1ccc(OCC(=O)N/N=C/c2cc(I)c(O)c(OC)c2)cc1. The van der Waals surface area contributed by atoms with Crippen molar-refractivity contribution in [3.8, 4) is 17.2 Å². The Kier molecular flexibility index (Phi) is 7.90. The first kappa shape index (κ1) is 21.0. The Bertz CT molecular complexity index is 806. The molecule has 144 valence electrons. The largest absolute Gasteiger partial charge is 0.504 e. The second-order valence-electron chi connectivity index (χ2n) is 6.01. The van der Waals surface area contributed by atoms with Crippen molar-refractivity contribution in [2.45, 2.75) is 26.2 Å². The van der Waals surface area contributed by atoms with Crippen molar-refractivity contribution in [1.82, 2.24) is 5.43 Å². The fourth-order valence-corrected chi connectivity index (χ4v) is 2.94. The van der Waals surface area contributed by atoms with Crippen LogP contribution in [0, 0.1) is 3.57 Å². The van der Waals surface area contributed by atoms with Crippen LogP contribution in [0.15, 0.2) is 41.5 Å². The summed E-state index contributed by atoms with van der Waals surface area (Å²) in [5, 5.41) is 13.7. The summed E-state index contributed by atoms with van der Waals surface area (Å²) in [6.45, 7) is 4.19. The molecule has 0 radical (unpaired) electrons. The summed E-state index contributed by atoms with van der Waals surface area (Å²) in [6.07, 6.45) is 2.55. The molecular formula is C20H23IN2O4. The second kappa shape index (κ2) is 10.1. The zero-order valence-corrected chi connectivity index (χ0v) is 17.7. The number of nitrogens with zero attached hydrogens (tertiary/aromatic N) is 1. The van der Waals surface area contributed by atoms with E-state index < -0.39 is 0 Å². The molecule has 0 heterocycles. The van der Waals surface area contributed by atoms with Crippen molar-refractivity contribution in [3.05, 3.63) is 51.1 Å². The van der Waals surface area contributed by atoms with E-state index in [9.17, 15) is 9.90 Å². The summed E-state index contributed by atoms with van der Waals surface area (Å²) in [5.41, 5.74) is 4.35. The Balaban J connectivity index is 1.86. The van der Waals surface area contributed by atoms with Crippen molar-refractivity contribution in [2.24, 2.45) is 5.10 Å². The van der Waals surface area contributed by atoms with Crippen LogP contribution in [0.2, 0.25) is 0 Å². The van der Waals surface area contributed by atoms with E-state index in [1.165, 1.54) is 18.9 Å². The van der Waals surface area contributed by atoms with Gasteiger partial charge in [0.05, 0.1) is 16.9 Å². The van der Waals surface area contributed by atoms with Crippen LogP contribution in [-0.4, -0.2) is 30.9 Å². The average Bonchev–Trinajstić information content (AvgIpc) is 2.68. The zero-order chi connectivity index (χ0) is 19.8. The van der Waals surface area contributed by atoms with Crippen molar-refractivity contribution >= 4 is 34.7 Å². The molecule has 0 aliphatic carbocycles. The topological polar surface area (TPSA) is 80.2 Å². The van der Waals surface area contributed by atoms with Gasteiger partial charge in [0.15, 0.2) is 18.1 Å². The molecule has 2 N–H and O–H groups in total. The fourth-order valence-electron chi connectivity index (χ4n) is 2.31. The van der Waals surface area contributed by atoms with E-state index in [1.807, 2.05) is 46.9 Å². The number of carbonyl (C=O) groups is 1. The minimum absolute atomic E-state index is 0.0760. The molecule has 0 spiro atoms. The van der Waals surface area contributed by atoms with Crippen LogP contribution in [0.25, 0.3) is 0 Å². The van der Waals surface area contributed by atoms with Crippen LogP contribution in [-0.2, 0) is 4.79 Å². The number of hydrogen-bond acceptors (Lipinski definition) is 5. The third-order valence-corrected chi connectivity index (χ3v) is 4.93. The number of rotatable bonds is 8. The van der Waals surface area contributed by atoms with Gasteiger partial charge in [-0.25, -0.2) is 5.43 Å². The first-order valence-corrected chi connectivity index (χ1v) is 9.63. The van der Waals surface area contributed by atoms with Crippen LogP contribution < -0.4 is 14.9 Å². The number of ether oxygens (including phenoxy) is 2. The number of phenolic OH excluding ortho intramolecular Hbond substituents is 1. The van der Waals surface area contributed by atoms with Gasteiger partial charge in [0.25, 0.3) is 5.91 Å². The molecule has 0 saturated heterocycles. The average molecular weight is 482 g/mol. The molecule has 27 heavy (non-hydrogen) atoms. The Morgan fingerprint density at radius 2 is 2.04 bits per heavy atom. The van der Waals surface area contributed by atoms with Gasteiger partial charge in [0.1, 0.15) is 5.75 Å². The number of methoxy groups -OCH3 is 1. The molecule has 1 amide bonds. The monoisotopic (exact) mass is 482 g/mol. The molecule has 0 aromatic heterocycles. The van der Waals surface area contributed by atoms with Crippen LogP contribution in [0.3, 0.4) is 0 Å². The van der Waals surface area contributed by atoms with Gasteiger partial charge in [-0.3, -0.25) is 4.79 Å². The molecule has 6 nitrogen and oxygen atoms in total. The number of aromatic hydroxyl groups is 1. The van der Waals surface area contributed by atoms with E-state index in [4.69, 9.17) is 9.47 Å². The lowest BCUT2D eigenvalue weighted by Crippen LogP contribution is -2.24. The summed E-state index contributed by atoms with van der Waals surface area (Å²) in [6, 6.07) is 11.1. The third-order valence-electron chi connectivity index (χ3n) is 4.10. The molecule has 1 atom stereocenters. The molecule has 0 fully saturated rings. The maximum absolute atomic E-state index is 11.9. The van der Waals surface area contributed by atoms with Gasteiger partial charge in [-0.2, -0.15) is 5.10 Å². The number of phenols is 1. The number of hydrogen-bond donors (Lipinski definition) is 2. The second-order valence-corrected chi connectivity index (χ2v) is 7.18. The zero-order valence-electron chi connectivity index (χ0n) is 15.5. The molecule has 7 heteroatoms. The lowest BCUT2D eigenvalue weighted by molar-refractivity contribution is -0.123. The van der Waals surface area contributed by atoms with Gasteiger partial charge in [0, 0.05) is 0 Å². The number of hydrazone groups is 1. The molecule has 0 bridgehead atoms. The smallest absolute Gasteiger partial charge is 0.277 e. The lowest BCUT2D eigenvalue weighted by atomic mass is 9.99. The number of nitrogens with one attached hydrogen (secondary N) is 1. The summed E-state index contributed by atoms with van der Waals surface area (Å²) in [7, 11) is 1.47. The molecule has 1 unspecified atom stereocenters. The predicted molar refractivity (Wildman–Crippen MR) is 114 cm³/mol. The van der Waals surface area contributed by atoms with Gasteiger partial charge in [-0.1, -0.05) is 26.0 Å². The van der Waals surface area contributed by atoms with Crippen LogP contribution >= 0.6 is 22.6 Å². The van der Waals surface area contributed by atoms with Gasteiger partial charge in [-0.05, 0) is 70.3 Å². The Morgan fingerprint density at radius 1 is 1.33 bits per heavy atom. The van der Waals surface area contributed by atoms with E-state index in [2.05, 4.69) is 24.4 Å². The van der Waals surface area contributed by atoms with Crippen molar-refractivity contribution in [3.63, 3.8) is 0 Å². The van der Waals surface area contributed by atoms with E-state index in [1.54, 1.807) is 12.1 Å². The molecule has 0 aliphatic rings. The minimum Gasteiger partial charge on any atom is -0.504 e. The molecule has 2 aromatic rings. The molecule has 2 aromatic carbocycles. The maximum Gasteiger partial charge on any atom is 0.277 e. The van der Waals surface area contributed by atoms with Crippen molar-refractivity contribution < 1.29 is 19.4 Å². The van der Waals surface area contributed by atoms with Gasteiger partial charge >= 0.3 is 0 Å². The van der Waals surface area contributed by atoms with E-state index in [0.717, 1.165) is 6.42 Å².